The van der Waals surface area contributed by atoms with E-state index in [1.807, 2.05) is 43.5 Å². The van der Waals surface area contributed by atoms with Crippen LogP contribution in [0.15, 0.2) is 36.5 Å². The van der Waals surface area contributed by atoms with Gasteiger partial charge in [0, 0.05) is 31.3 Å². The molecule has 2 aromatic rings. The summed E-state index contributed by atoms with van der Waals surface area (Å²) in [5.74, 6) is 2.13. The maximum Gasteiger partial charge on any atom is 0.326 e. The van der Waals surface area contributed by atoms with Crippen LogP contribution in [0.4, 0.5) is 0 Å². The van der Waals surface area contributed by atoms with Gasteiger partial charge in [0.15, 0.2) is 0 Å². The van der Waals surface area contributed by atoms with E-state index >= 15 is 0 Å². The van der Waals surface area contributed by atoms with Crippen LogP contribution in [0.25, 0.3) is 0 Å². The Bertz CT molecular complexity index is 1060. The van der Waals surface area contributed by atoms with Crippen molar-refractivity contribution in [1.29, 1.82) is 0 Å². The summed E-state index contributed by atoms with van der Waals surface area (Å²) in [5, 5.41) is 12.6. The molecule has 4 aliphatic rings. The molecule has 1 aromatic carbocycles. The van der Waals surface area contributed by atoms with E-state index in [9.17, 15) is 14.7 Å². The molecule has 1 heterocycles. The van der Waals surface area contributed by atoms with Crippen LogP contribution in [0.3, 0.4) is 0 Å². The van der Waals surface area contributed by atoms with E-state index in [0.29, 0.717) is 5.41 Å². The molecule has 1 aromatic heterocycles. The lowest BCUT2D eigenvalue weighted by atomic mass is 9.49. The Morgan fingerprint density at radius 3 is 2.35 bits per heavy atom. The minimum absolute atomic E-state index is 0.249. The molecule has 0 aliphatic heterocycles. The number of imidazole rings is 1. The van der Waals surface area contributed by atoms with Gasteiger partial charge in [0.1, 0.15) is 11.9 Å². The van der Waals surface area contributed by atoms with Gasteiger partial charge in [-0.15, -0.1) is 0 Å². The second-order valence-corrected chi connectivity index (χ2v) is 12.3. The van der Waals surface area contributed by atoms with Gasteiger partial charge < -0.3 is 15.0 Å². The van der Waals surface area contributed by atoms with Crippen molar-refractivity contribution in [3.63, 3.8) is 0 Å². The van der Waals surface area contributed by atoms with E-state index in [0.717, 1.165) is 60.6 Å². The van der Waals surface area contributed by atoms with Crippen molar-refractivity contribution < 1.29 is 14.7 Å². The van der Waals surface area contributed by atoms with Crippen LogP contribution in [-0.2, 0) is 29.0 Å². The highest BCUT2D eigenvalue weighted by molar-refractivity contribution is 5.87. The summed E-state index contributed by atoms with van der Waals surface area (Å²) in [6, 6.07) is 8.51. The summed E-state index contributed by atoms with van der Waals surface area (Å²) in [4.78, 5) is 30.1. The van der Waals surface area contributed by atoms with Crippen molar-refractivity contribution in [2.45, 2.75) is 103 Å². The number of nitrogens with one attached hydrogen (secondary N) is 1. The zero-order valence-electron chi connectivity index (χ0n) is 22.5. The number of carboxylic acid groups (broad SMARTS) is 1. The lowest BCUT2D eigenvalue weighted by Crippen LogP contribution is -2.46. The monoisotopic (exact) mass is 505 g/mol. The molecule has 4 fully saturated rings. The summed E-state index contributed by atoms with van der Waals surface area (Å²) in [6.07, 6.45) is 14.9. The van der Waals surface area contributed by atoms with Gasteiger partial charge >= 0.3 is 5.97 Å². The summed E-state index contributed by atoms with van der Waals surface area (Å²) in [6.45, 7) is 4.99. The fraction of sp³-hybridized carbons (Fsp3) is 0.645. The summed E-state index contributed by atoms with van der Waals surface area (Å²) in [7, 11) is 0. The van der Waals surface area contributed by atoms with Gasteiger partial charge in [-0.3, -0.25) is 4.79 Å². The number of amides is 1. The van der Waals surface area contributed by atoms with Crippen molar-refractivity contribution in [2.24, 2.45) is 23.2 Å². The quantitative estimate of drug-likeness (QED) is 0.385. The van der Waals surface area contributed by atoms with Crippen molar-refractivity contribution in [3.05, 3.63) is 53.6 Å². The standard InChI is InChI=1S/C31H43N3O3/c1-3-4-10-28-32-20-27(21(2)29(35)33-26(30(36)37)16-22-8-6-5-7-9-22)34(28)12-11-31-17-23-13-24(18-31)15-25(14-23)19-31/h5-9,20-21,23-26H,3-4,10-19H2,1-2H3,(H,33,35)(H,36,37). The Morgan fingerprint density at radius 1 is 1.11 bits per heavy atom. The van der Waals surface area contributed by atoms with Gasteiger partial charge in [0.2, 0.25) is 5.91 Å². The second kappa shape index (κ2) is 11.0. The van der Waals surface area contributed by atoms with Crippen LogP contribution in [0, 0.1) is 23.2 Å². The van der Waals surface area contributed by atoms with Crippen molar-refractivity contribution >= 4 is 11.9 Å². The van der Waals surface area contributed by atoms with Crippen molar-refractivity contribution in [3.8, 4) is 0 Å². The molecule has 0 saturated heterocycles. The molecule has 6 heteroatoms. The Kier molecular flexibility index (Phi) is 7.73. The number of carbonyl (C=O) groups is 2. The van der Waals surface area contributed by atoms with E-state index in [1.165, 1.54) is 44.9 Å². The third-order valence-corrected chi connectivity index (χ3v) is 9.49. The highest BCUT2D eigenvalue weighted by Crippen LogP contribution is 2.61. The van der Waals surface area contributed by atoms with Gasteiger partial charge in [0.25, 0.3) is 0 Å². The molecule has 37 heavy (non-hydrogen) atoms. The molecule has 0 spiro atoms. The van der Waals surface area contributed by atoms with Gasteiger partial charge in [-0.05, 0) is 87.0 Å². The number of rotatable bonds is 12. The number of carboxylic acids is 1. The molecule has 2 N–H and O–H groups in total. The first-order valence-corrected chi connectivity index (χ1v) is 14.5. The van der Waals surface area contributed by atoms with E-state index in [4.69, 9.17) is 4.98 Å². The smallest absolute Gasteiger partial charge is 0.326 e. The zero-order valence-corrected chi connectivity index (χ0v) is 22.5. The number of hydrogen-bond acceptors (Lipinski definition) is 3. The first kappa shape index (κ1) is 26.0. The third kappa shape index (κ3) is 5.78. The van der Waals surface area contributed by atoms with Crippen molar-refractivity contribution in [2.75, 3.05) is 0 Å². The molecular weight excluding hydrogens is 462 g/mol. The Balaban J connectivity index is 1.31. The molecule has 0 radical (unpaired) electrons. The van der Waals surface area contributed by atoms with Gasteiger partial charge in [0.05, 0.1) is 5.92 Å². The largest absolute Gasteiger partial charge is 0.480 e. The van der Waals surface area contributed by atoms with E-state index < -0.39 is 17.9 Å². The molecule has 4 aliphatic carbocycles. The number of benzene rings is 1. The number of aliphatic carboxylic acids is 1. The second-order valence-electron chi connectivity index (χ2n) is 12.3. The minimum Gasteiger partial charge on any atom is -0.480 e. The number of unbranched alkanes of at least 4 members (excludes halogenated alkanes) is 1. The van der Waals surface area contributed by atoms with Gasteiger partial charge in [-0.2, -0.15) is 0 Å². The zero-order chi connectivity index (χ0) is 26.0. The molecule has 200 valence electrons. The molecule has 4 saturated carbocycles. The molecule has 6 nitrogen and oxygen atoms in total. The maximum absolute atomic E-state index is 13.3. The molecular formula is C31H43N3O3. The molecule has 1 amide bonds. The van der Waals surface area contributed by atoms with Gasteiger partial charge in [-0.25, -0.2) is 9.78 Å². The topological polar surface area (TPSA) is 84.2 Å². The predicted octanol–water partition coefficient (Wildman–Crippen LogP) is 5.75. The number of carbonyl (C=O) groups excluding carboxylic acids is 1. The first-order valence-electron chi connectivity index (χ1n) is 14.5. The molecule has 2 atom stereocenters. The number of aromatic nitrogens is 2. The van der Waals surface area contributed by atoms with Crippen LogP contribution < -0.4 is 5.32 Å². The minimum atomic E-state index is -1.01. The number of aryl methyl sites for hydroxylation is 1. The summed E-state index contributed by atoms with van der Waals surface area (Å²) < 4.78 is 2.31. The highest BCUT2D eigenvalue weighted by Gasteiger charge is 2.50. The average Bonchev–Trinajstić information content (AvgIpc) is 3.27. The van der Waals surface area contributed by atoms with E-state index in [-0.39, 0.29) is 12.3 Å². The van der Waals surface area contributed by atoms with Crippen molar-refractivity contribution in [1.82, 2.24) is 14.9 Å². The normalized spacial score (nSPS) is 27.7. The number of hydrogen-bond donors (Lipinski definition) is 2. The Hall–Kier alpha value is -2.63. The fourth-order valence-electron chi connectivity index (χ4n) is 7.99. The van der Waals surface area contributed by atoms with Crippen LogP contribution in [0.5, 0.6) is 0 Å². The lowest BCUT2D eigenvalue weighted by molar-refractivity contribution is -0.142. The van der Waals surface area contributed by atoms with E-state index in [2.05, 4.69) is 16.8 Å². The van der Waals surface area contributed by atoms with Crippen LogP contribution in [0.2, 0.25) is 0 Å². The fourth-order valence-corrected chi connectivity index (χ4v) is 7.99. The predicted molar refractivity (Wildman–Crippen MR) is 144 cm³/mol. The number of nitrogens with zero attached hydrogens (tertiary/aromatic N) is 2. The Morgan fingerprint density at radius 2 is 1.76 bits per heavy atom. The van der Waals surface area contributed by atoms with Crippen LogP contribution in [-0.4, -0.2) is 32.6 Å². The lowest BCUT2D eigenvalue weighted by Gasteiger charge is -2.57. The molecule has 4 bridgehead atoms. The molecule has 2 unspecified atom stereocenters. The van der Waals surface area contributed by atoms with Crippen LogP contribution >= 0.6 is 0 Å². The average molecular weight is 506 g/mol. The SMILES string of the molecule is CCCCc1ncc(C(C)C(=O)NC(Cc2ccccc2)C(=O)O)n1CCC12CC3CC(CC(C3)C1)C2. The third-order valence-electron chi connectivity index (χ3n) is 9.49. The summed E-state index contributed by atoms with van der Waals surface area (Å²) >= 11 is 0. The highest BCUT2D eigenvalue weighted by atomic mass is 16.4. The first-order chi connectivity index (χ1) is 17.9. The summed E-state index contributed by atoms with van der Waals surface area (Å²) in [5.41, 5.74) is 2.27. The Labute approximate surface area is 221 Å². The van der Waals surface area contributed by atoms with Crippen LogP contribution in [0.1, 0.15) is 94.6 Å². The van der Waals surface area contributed by atoms with Gasteiger partial charge in [-0.1, -0.05) is 43.7 Å². The van der Waals surface area contributed by atoms with E-state index in [1.54, 1.807) is 0 Å². The molecule has 6 rings (SSSR count). The maximum atomic E-state index is 13.3.